The van der Waals surface area contributed by atoms with Crippen molar-refractivity contribution in [3.63, 3.8) is 0 Å². The second-order valence-electron chi connectivity index (χ2n) is 6.90. The summed E-state index contributed by atoms with van der Waals surface area (Å²) in [7, 11) is 0. The number of esters is 1. The predicted molar refractivity (Wildman–Crippen MR) is 97.4 cm³/mol. The standard InChI is InChI=1S/C21H25NO3/c1-15(2)25-20(24)18-9-7-16(8-10-18)13-22-21(14-23)12-11-17-5-3-4-6-19(17)21/h3-10,15,22-23H,11-14H2,1-2H3. The van der Waals surface area contributed by atoms with Gasteiger partial charge in [0.15, 0.2) is 0 Å². The molecule has 25 heavy (non-hydrogen) atoms. The Hall–Kier alpha value is -2.17. The zero-order valence-electron chi connectivity index (χ0n) is 14.8. The number of rotatable bonds is 6. The summed E-state index contributed by atoms with van der Waals surface area (Å²) in [5.41, 5.74) is 3.73. The summed E-state index contributed by atoms with van der Waals surface area (Å²) in [4.78, 5) is 11.9. The van der Waals surface area contributed by atoms with Gasteiger partial charge in [0.25, 0.3) is 0 Å². The van der Waals surface area contributed by atoms with Crippen molar-refractivity contribution in [3.05, 3.63) is 70.8 Å². The maximum Gasteiger partial charge on any atom is 0.338 e. The molecule has 0 aromatic heterocycles. The number of aliphatic hydroxyl groups excluding tert-OH is 1. The van der Waals surface area contributed by atoms with Crippen LogP contribution in [-0.4, -0.2) is 23.8 Å². The summed E-state index contributed by atoms with van der Waals surface area (Å²) >= 11 is 0. The zero-order valence-corrected chi connectivity index (χ0v) is 14.8. The third-order valence-electron chi connectivity index (χ3n) is 4.79. The third-order valence-corrected chi connectivity index (χ3v) is 4.79. The van der Waals surface area contributed by atoms with Gasteiger partial charge in [0.1, 0.15) is 0 Å². The first-order valence-corrected chi connectivity index (χ1v) is 8.78. The van der Waals surface area contributed by atoms with E-state index in [2.05, 4.69) is 17.4 Å². The molecule has 1 unspecified atom stereocenters. The van der Waals surface area contributed by atoms with Crippen LogP contribution in [0.5, 0.6) is 0 Å². The Morgan fingerprint density at radius 3 is 2.60 bits per heavy atom. The van der Waals surface area contributed by atoms with E-state index in [0.29, 0.717) is 12.1 Å². The summed E-state index contributed by atoms with van der Waals surface area (Å²) in [5.74, 6) is -0.300. The lowest BCUT2D eigenvalue weighted by molar-refractivity contribution is 0.0378. The molecule has 132 valence electrons. The van der Waals surface area contributed by atoms with Gasteiger partial charge in [-0.3, -0.25) is 0 Å². The molecule has 0 amide bonds. The molecule has 4 heteroatoms. The van der Waals surface area contributed by atoms with Gasteiger partial charge in [0.05, 0.1) is 23.8 Å². The average molecular weight is 339 g/mol. The van der Waals surface area contributed by atoms with Crippen LogP contribution in [0.3, 0.4) is 0 Å². The first kappa shape index (κ1) is 17.6. The molecule has 0 radical (unpaired) electrons. The first-order valence-electron chi connectivity index (χ1n) is 8.78. The summed E-state index contributed by atoms with van der Waals surface area (Å²) in [6, 6.07) is 15.7. The second kappa shape index (κ2) is 7.38. The Bertz CT molecular complexity index is 739. The van der Waals surface area contributed by atoms with Crippen molar-refractivity contribution in [2.24, 2.45) is 0 Å². The number of carbonyl (C=O) groups excluding carboxylic acids is 1. The van der Waals surface area contributed by atoms with Crippen molar-refractivity contribution < 1.29 is 14.6 Å². The summed E-state index contributed by atoms with van der Waals surface area (Å²) in [5, 5.41) is 13.6. The van der Waals surface area contributed by atoms with E-state index in [9.17, 15) is 9.90 Å². The smallest absolute Gasteiger partial charge is 0.338 e. The van der Waals surface area contributed by atoms with E-state index in [4.69, 9.17) is 4.74 Å². The summed E-state index contributed by atoms with van der Waals surface area (Å²) in [6.45, 7) is 4.38. The lowest BCUT2D eigenvalue weighted by Gasteiger charge is -2.30. The van der Waals surface area contributed by atoms with E-state index < -0.39 is 0 Å². The lowest BCUT2D eigenvalue weighted by Crippen LogP contribution is -2.43. The Morgan fingerprint density at radius 1 is 1.20 bits per heavy atom. The molecule has 0 bridgehead atoms. The van der Waals surface area contributed by atoms with E-state index in [1.165, 1.54) is 11.1 Å². The van der Waals surface area contributed by atoms with Crippen molar-refractivity contribution in [2.45, 2.75) is 44.9 Å². The number of carbonyl (C=O) groups is 1. The maximum atomic E-state index is 11.9. The Kier molecular flexibility index (Phi) is 5.21. The van der Waals surface area contributed by atoms with Gasteiger partial charge in [0.2, 0.25) is 0 Å². The molecule has 3 rings (SSSR count). The molecule has 0 spiro atoms. The highest BCUT2D eigenvalue weighted by Gasteiger charge is 2.37. The number of aryl methyl sites for hydroxylation is 1. The molecule has 1 aliphatic carbocycles. The van der Waals surface area contributed by atoms with Gasteiger partial charge in [-0.05, 0) is 55.5 Å². The van der Waals surface area contributed by atoms with Crippen LogP contribution in [0, 0.1) is 0 Å². The fraction of sp³-hybridized carbons (Fsp3) is 0.381. The van der Waals surface area contributed by atoms with E-state index >= 15 is 0 Å². The highest BCUT2D eigenvalue weighted by Crippen LogP contribution is 2.36. The van der Waals surface area contributed by atoms with E-state index in [0.717, 1.165) is 18.4 Å². The largest absolute Gasteiger partial charge is 0.459 e. The van der Waals surface area contributed by atoms with E-state index in [-0.39, 0.29) is 24.2 Å². The molecule has 0 heterocycles. The molecule has 0 fully saturated rings. The predicted octanol–water partition coefficient (Wildman–Crippen LogP) is 3.18. The number of benzene rings is 2. The topological polar surface area (TPSA) is 58.6 Å². The van der Waals surface area contributed by atoms with Gasteiger partial charge < -0.3 is 15.2 Å². The molecule has 2 N–H and O–H groups in total. The van der Waals surface area contributed by atoms with E-state index in [1.807, 2.05) is 38.1 Å². The highest BCUT2D eigenvalue weighted by molar-refractivity contribution is 5.89. The van der Waals surface area contributed by atoms with Gasteiger partial charge >= 0.3 is 5.97 Å². The maximum absolute atomic E-state index is 11.9. The number of hydrogen-bond acceptors (Lipinski definition) is 4. The van der Waals surface area contributed by atoms with Gasteiger partial charge in [-0.25, -0.2) is 4.79 Å². The van der Waals surface area contributed by atoms with Crippen LogP contribution >= 0.6 is 0 Å². The van der Waals surface area contributed by atoms with Crippen LogP contribution in [-0.2, 0) is 23.2 Å². The number of ether oxygens (including phenoxy) is 1. The molecule has 1 atom stereocenters. The second-order valence-corrected chi connectivity index (χ2v) is 6.90. The number of nitrogens with one attached hydrogen (secondary N) is 1. The fourth-order valence-corrected chi connectivity index (χ4v) is 3.40. The molecular weight excluding hydrogens is 314 g/mol. The Morgan fingerprint density at radius 2 is 1.92 bits per heavy atom. The lowest BCUT2D eigenvalue weighted by atomic mass is 9.92. The summed E-state index contributed by atoms with van der Waals surface area (Å²) < 4.78 is 5.20. The van der Waals surface area contributed by atoms with Crippen molar-refractivity contribution in [2.75, 3.05) is 6.61 Å². The van der Waals surface area contributed by atoms with Crippen LogP contribution < -0.4 is 5.32 Å². The Balaban J connectivity index is 1.68. The molecular formula is C21H25NO3. The van der Waals surface area contributed by atoms with Crippen molar-refractivity contribution >= 4 is 5.97 Å². The van der Waals surface area contributed by atoms with Crippen LogP contribution in [0.25, 0.3) is 0 Å². The molecule has 0 saturated carbocycles. The number of hydrogen-bond donors (Lipinski definition) is 2. The normalized spacial score (nSPS) is 19.0. The zero-order chi connectivity index (χ0) is 17.9. The minimum Gasteiger partial charge on any atom is -0.459 e. The van der Waals surface area contributed by atoms with Crippen molar-refractivity contribution in [1.82, 2.24) is 5.32 Å². The van der Waals surface area contributed by atoms with Crippen LogP contribution in [0.2, 0.25) is 0 Å². The minimum absolute atomic E-state index is 0.0722. The van der Waals surface area contributed by atoms with Crippen LogP contribution in [0.4, 0.5) is 0 Å². The first-order chi connectivity index (χ1) is 12.0. The molecule has 0 aliphatic heterocycles. The van der Waals surface area contributed by atoms with Gasteiger partial charge in [0, 0.05) is 6.54 Å². The average Bonchev–Trinajstić information content (AvgIpc) is 2.99. The van der Waals surface area contributed by atoms with Gasteiger partial charge in [-0.15, -0.1) is 0 Å². The molecule has 0 saturated heterocycles. The van der Waals surface area contributed by atoms with Crippen LogP contribution in [0.1, 0.15) is 47.3 Å². The molecule has 4 nitrogen and oxygen atoms in total. The molecule has 2 aromatic rings. The SMILES string of the molecule is CC(C)OC(=O)c1ccc(CNC2(CO)CCc3ccccc32)cc1. The van der Waals surface area contributed by atoms with Crippen molar-refractivity contribution in [1.29, 1.82) is 0 Å². The quantitative estimate of drug-likeness (QED) is 0.794. The molecule has 2 aromatic carbocycles. The summed E-state index contributed by atoms with van der Waals surface area (Å²) in [6.07, 6.45) is 1.74. The van der Waals surface area contributed by atoms with Gasteiger partial charge in [-0.2, -0.15) is 0 Å². The monoisotopic (exact) mass is 339 g/mol. The fourth-order valence-electron chi connectivity index (χ4n) is 3.40. The third kappa shape index (κ3) is 3.75. The van der Waals surface area contributed by atoms with E-state index in [1.54, 1.807) is 12.1 Å². The van der Waals surface area contributed by atoms with Crippen LogP contribution in [0.15, 0.2) is 48.5 Å². The number of aliphatic hydroxyl groups is 1. The minimum atomic E-state index is -0.383. The highest BCUT2D eigenvalue weighted by atomic mass is 16.5. The number of fused-ring (bicyclic) bond motifs is 1. The molecule has 1 aliphatic rings. The van der Waals surface area contributed by atoms with Crippen molar-refractivity contribution in [3.8, 4) is 0 Å². The van der Waals surface area contributed by atoms with Gasteiger partial charge in [-0.1, -0.05) is 36.4 Å². The Labute approximate surface area is 148 Å².